The van der Waals surface area contributed by atoms with Gasteiger partial charge < -0.3 is 15.3 Å². The Morgan fingerprint density at radius 3 is 2.62 bits per heavy atom. The van der Waals surface area contributed by atoms with Gasteiger partial charge in [-0.2, -0.15) is 0 Å². The van der Waals surface area contributed by atoms with Gasteiger partial charge in [0.05, 0.1) is 6.61 Å². The van der Waals surface area contributed by atoms with Crippen molar-refractivity contribution >= 4 is 5.69 Å². The van der Waals surface area contributed by atoms with Crippen LogP contribution < -0.4 is 10.2 Å². The molecule has 0 spiro atoms. The fourth-order valence-corrected chi connectivity index (χ4v) is 2.86. The number of aryl methyl sites for hydroxylation is 1. The number of rotatable bonds is 7. The monoisotopic (exact) mass is 291 g/mol. The van der Waals surface area contributed by atoms with E-state index in [-0.39, 0.29) is 12.6 Å². The molecule has 0 amide bonds. The minimum atomic E-state index is 0.204. The molecule has 2 rings (SSSR count). The van der Waals surface area contributed by atoms with Crippen LogP contribution >= 0.6 is 0 Å². The van der Waals surface area contributed by atoms with Crippen LogP contribution in [0.3, 0.4) is 0 Å². The summed E-state index contributed by atoms with van der Waals surface area (Å²) >= 11 is 0. The molecule has 1 aromatic rings. The zero-order chi connectivity index (χ0) is 15.1. The van der Waals surface area contributed by atoms with E-state index in [1.54, 1.807) is 0 Å². The van der Waals surface area contributed by atoms with Crippen LogP contribution in [0, 0.1) is 6.92 Å². The van der Waals surface area contributed by atoms with Gasteiger partial charge in [0.1, 0.15) is 0 Å². The van der Waals surface area contributed by atoms with E-state index in [0.717, 1.165) is 45.7 Å². The highest BCUT2D eigenvalue weighted by Gasteiger charge is 2.19. The van der Waals surface area contributed by atoms with Crippen LogP contribution in [0.4, 0.5) is 5.69 Å². The fourth-order valence-electron chi connectivity index (χ4n) is 2.86. The lowest BCUT2D eigenvalue weighted by Gasteiger charge is -2.37. The molecule has 1 aliphatic heterocycles. The van der Waals surface area contributed by atoms with Crippen molar-refractivity contribution in [1.29, 1.82) is 0 Å². The summed E-state index contributed by atoms with van der Waals surface area (Å²) in [6.07, 6.45) is 1.11. The number of anilines is 1. The van der Waals surface area contributed by atoms with Crippen molar-refractivity contribution in [3.63, 3.8) is 0 Å². The standard InChI is InChI=1S/C17H29N3O/c1-3-7-18-16(14-21)13-19-8-10-20(11-9-19)17-6-4-5-15(2)12-17/h4-6,12,16,18,21H,3,7-11,13-14H2,1-2H3. The van der Waals surface area contributed by atoms with Crippen molar-refractivity contribution in [1.82, 2.24) is 10.2 Å². The molecule has 0 aromatic heterocycles. The van der Waals surface area contributed by atoms with E-state index >= 15 is 0 Å². The predicted molar refractivity (Wildman–Crippen MR) is 89.0 cm³/mol. The summed E-state index contributed by atoms with van der Waals surface area (Å²) < 4.78 is 0. The average Bonchev–Trinajstić information content (AvgIpc) is 2.52. The van der Waals surface area contributed by atoms with Crippen molar-refractivity contribution in [2.45, 2.75) is 26.3 Å². The van der Waals surface area contributed by atoms with Crippen LogP contribution in [0.1, 0.15) is 18.9 Å². The smallest absolute Gasteiger partial charge is 0.0597 e. The van der Waals surface area contributed by atoms with Gasteiger partial charge in [0, 0.05) is 44.5 Å². The Hall–Kier alpha value is -1.10. The third-order valence-corrected chi connectivity index (χ3v) is 4.12. The van der Waals surface area contributed by atoms with E-state index in [1.807, 2.05) is 0 Å². The lowest BCUT2D eigenvalue weighted by atomic mass is 10.2. The molecule has 4 heteroatoms. The van der Waals surface area contributed by atoms with Crippen LogP contribution in [0.2, 0.25) is 0 Å². The molecule has 1 atom stereocenters. The Balaban J connectivity index is 1.80. The van der Waals surface area contributed by atoms with E-state index in [1.165, 1.54) is 11.3 Å². The largest absolute Gasteiger partial charge is 0.395 e. The summed E-state index contributed by atoms with van der Waals surface area (Å²) in [6, 6.07) is 8.94. The second-order valence-corrected chi connectivity index (χ2v) is 5.96. The SMILES string of the molecule is CCCNC(CO)CN1CCN(c2cccc(C)c2)CC1. The number of hydrogen-bond donors (Lipinski definition) is 2. The van der Waals surface area contributed by atoms with Crippen molar-refractivity contribution in [3.05, 3.63) is 29.8 Å². The third-order valence-electron chi connectivity index (χ3n) is 4.12. The van der Waals surface area contributed by atoms with Crippen molar-refractivity contribution in [2.75, 3.05) is 50.8 Å². The molecule has 21 heavy (non-hydrogen) atoms. The van der Waals surface area contributed by atoms with Gasteiger partial charge in [0.2, 0.25) is 0 Å². The number of benzene rings is 1. The molecule has 118 valence electrons. The third kappa shape index (κ3) is 4.99. The zero-order valence-electron chi connectivity index (χ0n) is 13.4. The molecule has 0 saturated carbocycles. The van der Waals surface area contributed by atoms with Gasteiger partial charge >= 0.3 is 0 Å². The van der Waals surface area contributed by atoms with Gasteiger partial charge in [0.15, 0.2) is 0 Å². The summed E-state index contributed by atoms with van der Waals surface area (Å²) in [5.74, 6) is 0. The first-order valence-electron chi connectivity index (χ1n) is 8.11. The Morgan fingerprint density at radius 1 is 1.24 bits per heavy atom. The highest BCUT2D eigenvalue weighted by atomic mass is 16.3. The first-order chi connectivity index (χ1) is 10.2. The first-order valence-corrected chi connectivity index (χ1v) is 8.11. The Bertz CT molecular complexity index is 416. The molecule has 0 bridgehead atoms. The van der Waals surface area contributed by atoms with Crippen molar-refractivity contribution in [2.24, 2.45) is 0 Å². The summed E-state index contributed by atoms with van der Waals surface area (Å²) in [4.78, 5) is 4.91. The molecule has 1 saturated heterocycles. The molecule has 1 aromatic carbocycles. The number of piperazine rings is 1. The van der Waals surface area contributed by atoms with Gasteiger partial charge in [-0.05, 0) is 37.6 Å². The van der Waals surface area contributed by atoms with Gasteiger partial charge in [-0.25, -0.2) is 0 Å². The molecule has 1 heterocycles. The van der Waals surface area contributed by atoms with Gasteiger partial charge in [-0.1, -0.05) is 19.1 Å². The zero-order valence-corrected chi connectivity index (χ0v) is 13.4. The van der Waals surface area contributed by atoms with Gasteiger partial charge in [-0.15, -0.1) is 0 Å². The molecule has 0 radical (unpaired) electrons. The summed E-state index contributed by atoms with van der Waals surface area (Å²) in [5.41, 5.74) is 2.65. The number of aliphatic hydroxyl groups is 1. The molecular formula is C17H29N3O. The lowest BCUT2D eigenvalue weighted by Crippen LogP contribution is -2.51. The highest BCUT2D eigenvalue weighted by molar-refractivity contribution is 5.48. The minimum absolute atomic E-state index is 0.204. The van der Waals surface area contributed by atoms with E-state index in [2.05, 4.69) is 53.2 Å². The lowest BCUT2D eigenvalue weighted by molar-refractivity contribution is 0.175. The Morgan fingerprint density at radius 2 is 2.00 bits per heavy atom. The van der Waals surface area contributed by atoms with E-state index < -0.39 is 0 Å². The van der Waals surface area contributed by atoms with Crippen LogP contribution in [-0.2, 0) is 0 Å². The predicted octanol–water partition coefficient (Wildman–Crippen LogP) is 1.48. The van der Waals surface area contributed by atoms with Gasteiger partial charge in [0.25, 0.3) is 0 Å². The van der Waals surface area contributed by atoms with Gasteiger partial charge in [-0.3, -0.25) is 4.90 Å². The molecule has 1 fully saturated rings. The molecule has 1 unspecified atom stereocenters. The maximum Gasteiger partial charge on any atom is 0.0597 e. The topological polar surface area (TPSA) is 38.7 Å². The molecule has 0 aliphatic carbocycles. The summed E-state index contributed by atoms with van der Waals surface area (Å²) in [7, 11) is 0. The molecular weight excluding hydrogens is 262 g/mol. The van der Waals surface area contributed by atoms with Crippen LogP contribution in [0.25, 0.3) is 0 Å². The maximum atomic E-state index is 9.44. The van der Waals surface area contributed by atoms with E-state index in [0.29, 0.717) is 0 Å². The van der Waals surface area contributed by atoms with Crippen LogP contribution in [0.15, 0.2) is 24.3 Å². The molecule has 4 nitrogen and oxygen atoms in total. The van der Waals surface area contributed by atoms with Crippen LogP contribution in [0.5, 0.6) is 0 Å². The quantitative estimate of drug-likeness (QED) is 0.798. The second kappa shape index (κ2) is 8.37. The van der Waals surface area contributed by atoms with Crippen molar-refractivity contribution < 1.29 is 5.11 Å². The Labute approximate surface area is 128 Å². The fraction of sp³-hybridized carbons (Fsp3) is 0.647. The van der Waals surface area contributed by atoms with E-state index in [9.17, 15) is 5.11 Å². The maximum absolute atomic E-state index is 9.44. The highest BCUT2D eigenvalue weighted by Crippen LogP contribution is 2.17. The van der Waals surface area contributed by atoms with Crippen molar-refractivity contribution in [3.8, 4) is 0 Å². The Kier molecular flexibility index (Phi) is 6.49. The van der Waals surface area contributed by atoms with Crippen LogP contribution in [-0.4, -0.2) is 61.9 Å². The molecule has 2 N–H and O–H groups in total. The average molecular weight is 291 g/mol. The number of hydrogen-bond acceptors (Lipinski definition) is 4. The summed E-state index contributed by atoms with van der Waals surface area (Å²) in [6.45, 7) is 10.7. The normalized spacial score (nSPS) is 18.0. The van der Waals surface area contributed by atoms with E-state index in [4.69, 9.17) is 0 Å². The first kappa shape index (κ1) is 16.3. The number of nitrogens with zero attached hydrogens (tertiary/aromatic N) is 2. The second-order valence-electron chi connectivity index (χ2n) is 5.96. The minimum Gasteiger partial charge on any atom is -0.395 e. The number of aliphatic hydroxyl groups excluding tert-OH is 1. The molecule has 1 aliphatic rings. The number of nitrogens with one attached hydrogen (secondary N) is 1. The summed E-state index contributed by atoms with van der Waals surface area (Å²) in [5, 5.41) is 12.9.